The quantitative estimate of drug-likeness (QED) is 0.548. The van der Waals surface area contributed by atoms with E-state index in [0.717, 1.165) is 43.3 Å². The van der Waals surface area contributed by atoms with E-state index in [2.05, 4.69) is 28.8 Å². The van der Waals surface area contributed by atoms with Crippen molar-refractivity contribution < 1.29 is 0 Å². The third-order valence-electron chi connectivity index (χ3n) is 4.30. The summed E-state index contributed by atoms with van der Waals surface area (Å²) in [7, 11) is 0. The van der Waals surface area contributed by atoms with Gasteiger partial charge in [0.15, 0.2) is 0 Å². The number of hydrogen-bond donors (Lipinski definition) is 3. The highest BCUT2D eigenvalue weighted by atomic mass is 15.3. The van der Waals surface area contributed by atoms with Crippen LogP contribution in [0.3, 0.4) is 0 Å². The first-order valence-corrected chi connectivity index (χ1v) is 7.67. The molecule has 1 aromatic rings. The highest BCUT2D eigenvalue weighted by Gasteiger charge is 2.30. The molecule has 0 bridgehead atoms. The molecule has 5 heteroatoms. The van der Waals surface area contributed by atoms with Crippen molar-refractivity contribution in [3.8, 4) is 6.07 Å². The smallest absolute Gasteiger partial charge is 0.0648 e. The Balaban J connectivity index is 1.83. The normalized spacial score (nSPS) is 24.6. The van der Waals surface area contributed by atoms with Gasteiger partial charge in [0.1, 0.15) is 0 Å². The lowest BCUT2D eigenvalue weighted by molar-refractivity contribution is 0.211. The van der Waals surface area contributed by atoms with Gasteiger partial charge in [-0.3, -0.25) is 5.43 Å². The van der Waals surface area contributed by atoms with Gasteiger partial charge in [0.2, 0.25) is 0 Å². The summed E-state index contributed by atoms with van der Waals surface area (Å²) in [6.07, 6.45) is 7.63. The summed E-state index contributed by atoms with van der Waals surface area (Å²) in [5.74, 6) is 0. The molecule has 0 saturated heterocycles. The van der Waals surface area contributed by atoms with E-state index in [4.69, 9.17) is 10.7 Å². The average molecular weight is 297 g/mol. The maximum atomic E-state index is 8.89. The summed E-state index contributed by atoms with van der Waals surface area (Å²) in [4.78, 5) is 0. The zero-order valence-corrected chi connectivity index (χ0v) is 13.0. The van der Waals surface area contributed by atoms with Crippen LogP contribution < -0.4 is 10.7 Å². The van der Waals surface area contributed by atoms with Crippen molar-refractivity contribution in [2.75, 3.05) is 10.7 Å². The van der Waals surface area contributed by atoms with E-state index in [1.54, 1.807) is 0 Å². The third-order valence-corrected chi connectivity index (χ3v) is 4.30. The molecule has 0 atom stereocenters. The minimum absolute atomic E-state index is 0.202. The van der Waals surface area contributed by atoms with Crippen LogP contribution in [0.4, 0.5) is 11.4 Å². The van der Waals surface area contributed by atoms with E-state index in [-0.39, 0.29) is 5.41 Å². The molecule has 1 aromatic carbocycles. The van der Waals surface area contributed by atoms with Crippen LogP contribution in [0.1, 0.15) is 39.0 Å². The third kappa shape index (κ3) is 4.59. The molecule has 1 fully saturated rings. The molecule has 0 unspecified atom stereocenters. The van der Waals surface area contributed by atoms with Crippen LogP contribution in [0, 0.1) is 22.2 Å². The Labute approximate surface area is 131 Å². The summed E-state index contributed by atoms with van der Waals surface area (Å²) in [5.41, 5.74) is 5.07. The molecule has 3 N–H and O–H groups in total. The van der Waals surface area contributed by atoms with E-state index in [1.807, 2.05) is 24.3 Å². The SMILES string of the molecule is CC1(CC#N)CCC(Nc2ccc(N/N=C\C=N)cc2)CC1. The largest absolute Gasteiger partial charge is 0.382 e. The van der Waals surface area contributed by atoms with Gasteiger partial charge < -0.3 is 10.7 Å². The lowest BCUT2D eigenvalue weighted by Gasteiger charge is -2.36. The van der Waals surface area contributed by atoms with Crippen molar-refractivity contribution in [3.63, 3.8) is 0 Å². The number of nitrogens with zero attached hydrogens (tertiary/aromatic N) is 2. The average Bonchev–Trinajstić information content (AvgIpc) is 2.52. The molecular formula is C17H23N5. The van der Waals surface area contributed by atoms with Gasteiger partial charge >= 0.3 is 0 Å². The van der Waals surface area contributed by atoms with Crippen LogP contribution in [-0.4, -0.2) is 18.5 Å². The van der Waals surface area contributed by atoms with Crippen LogP contribution in [0.2, 0.25) is 0 Å². The maximum absolute atomic E-state index is 8.89. The van der Waals surface area contributed by atoms with E-state index in [9.17, 15) is 0 Å². The molecule has 5 nitrogen and oxygen atoms in total. The van der Waals surface area contributed by atoms with Crippen LogP contribution >= 0.6 is 0 Å². The zero-order chi connectivity index (χ0) is 15.8. The number of nitriles is 1. The van der Waals surface area contributed by atoms with E-state index in [1.165, 1.54) is 6.21 Å². The summed E-state index contributed by atoms with van der Waals surface area (Å²) in [5, 5.41) is 23.2. The molecule has 22 heavy (non-hydrogen) atoms. The van der Waals surface area contributed by atoms with Crippen LogP contribution in [-0.2, 0) is 0 Å². The number of anilines is 2. The Morgan fingerprint density at radius 1 is 1.32 bits per heavy atom. The lowest BCUT2D eigenvalue weighted by atomic mass is 9.72. The summed E-state index contributed by atoms with van der Waals surface area (Å²) >= 11 is 0. The molecule has 0 aromatic heterocycles. The molecule has 1 aliphatic rings. The van der Waals surface area contributed by atoms with E-state index < -0.39 is 0 Å². The number of hydrazone groups is 1. The predicted molar refractivity (Wildman–Crippen MR) is 91.6 cm³/mol. The second-order valence-corrected chi connectivity index (χ2v) is 6.20. The van der Waals surface area contributed by atoms with Crippen LogP contribution in [0.25, 0.3) is 0 Å². The summed E-state index contributed by atoms with van der Waals surface area (Å²) in [6, 6.07) is 10.8. The molecule has 1 aliphatic carbocycles. The Hall–Kier alpha value is -2.35. The molecule has 116 valence electrons. The second-order valence-electron chi connectivity index (χ2n) is 6.20. The van der Waals surface area contributed by atoms with Gasteiger partial charge in [-0.1, -0.05) is 6.92 Å². The van der Waals surface area contributed by atoms with Crippen LogP contribution in [0.15, 0.2) is 29.4 Å². The Morgan fingerprint density at radius 3 is 2.55 bits per heavy atom. The van der Waals surface area contributed by atoms with E-state index >= 15 is 0 Å². The number of benzene rings is 1. The van der Waals surface area contributed by atoms with Crippen molar-refractivity contribution in [1.82, 2.24) is 0 Å². The Morgan fingerprint density at radius 2 is 1.95 bits per heavy atom. The van der Waals surface area contributed by atoms with E-state index in [0.29, 0.717) is 12.5 Å². The monoisotopic (exact) mass is 297 g/mol. The number of rotatable bonds is 6. The second kappa shape index (κ2) is 7.60. The highest BCUT2D eigenvalue weighted by molar-refractivity contribution is 6.14. The molecule has 0 amide bonds. The first-order chi connectivity index (χ1) is 10.6. The Kier molecular flexibility index (Phi) is 5.54. The molecule has 0 aliphatic heterocycles. The fourth-order valence-electron chi connectivity index (χ4n) is 2.85. The van der Waals surface area contributed by atoms with Gasteiger partial charge in [0, 0.05) is 24.4 Å². The van der Waals surface area contributed by atoms with Crippen molar-refractivity contribution >= 4 is 23.8 Å². The van der Waals surface area contributed by atoms with Gasteiger partial charge in [-0.2, -0.15) is 10.4 Å². The topological polar surface area (TPSA) is 84.1 Å². The van der Waals surface area contributed by atoms with Gasteiger partial charge in [-0.15, -0.1) is 0 Å². The number of hydrogen-bond acceptors (Lipinski definition) is 5. The molecular weight excluding hydrogens is 274 g/mol. The fraction of sp³-hybridized carbons (Fsp3) is 0.471. The maximum Gasteiger partial charge on any atom is 0.0648 e. The standard InChI is InChI=1S/C17H23N5/c1-17(10-11-18)8-6-15(7-9-17)21-14-2-4-16(5-3-14)22-20-13-12-19/h2-5,12-13,15,19,21-22H,6-10H2,1H3/b19-12?,20-13-. The number of nitrogens with one attached hydrogen (secondary N) is 3. The molecule has 1 saturated carbocycles. The first kappa shape index (κ1) is 16.0. The van der Waals surface area contributed by atoms with Crippen molar-refractivity contribution in [2.45, 2.75) is 45.1 Å². The summed E-state index contributed by atoms with van der Waals surface area (Å²) < 4.78 is 0. The minimum Gasteiger partial charge on any atom is -0.382 e. The van der Waals surface area contributed by atoms with Crippen LogP contribution in [0.5, 0.6) is 0 Å². The molecule has 2 rings (SSSR count). The highest BCUT2D eigenvalue weighted by Crippen LogP contribution is 2.39. The van der Waals surface area contributed by atoms with Gasteiger partial charge in [-0.25, -0.2) is 0 Å². The van der Waals surface area contributed by atoms with Gasteiger partial charge in [-0.05, 0) is 55.4 Å². The van der Waals surface area contributed by atoms with Gasteiger partial charge in [0.25, 0.3) is 0 Å². The Bertz CT molecular complexity index is 547. The zero-order valence-electron chi connectivity index (χ0n) is 13.0. The molecule has 0 spiro atoms. The summed E-state index contributed by atoms with van der Waals surface area (Å²) in [6.45, 7) is 2.22. The lowest BCUT2D eigenvalue weighted by Crippen LogP contribution is -2.31. The fourth-order valence-corrected chi connectivity index (χ4v) is 2.85. The molecule has 0 radical (unpaired) electrons. The van der Waals surface area contributed by atoms with Crippen molar-refractivity contribution in [1.29, 1.82) is 10.7 Å². The van der Waals surface area contributed by atoms with Crippen molar-refractivity contribution in [2.24, 2.45) is 10.5 Å². The van der Waals surface area contributed by atoms with Crippen molar-refractivity contribution in [3.05, 3.63) is 24.3 Å². The first-order valence-electron chi connectivity index (χ1n) is 7.67. The van der Waals surface area contributed by atoms with Gasteiger partial charge in [0.05, 0.1) is 18.0 Å². The minimum atomic E-state index is 0.202. The molecule has 0 heterocycles. The predicted octanol–water partition coefficient (Wildman–Crippen LogP) is 4.01.